The van der Waals surface area contributed by atoms with E-state index in [0.29, 0.717) is 19.3 Å². The first-order valence-corrected chi connectivity index (χ1v) is 9.22. The van der Waals surface area contributed by atoms with E-state index in [0.717, 1.165) is 29.5 Å². The third kappa shape index (κ3) is 4.70. The van der Waals surface area contributed by atoms with Crippen molar-refractivity contribution in [3.05, 3.63) is 71.3 Å². The van der Waals surface area contributed by atoms with Crippen molar-refractivity contribution in [2.45, 2.75) is 51.4 Å². The minimum Gasteiger partial charge on any atom is -0.372 e. The number of ether oxygens (including phenoxy) is 1. The molecule has 0 aromatic heterocycles. The van der Waals surface area contributed by atoms with Gasteiger partial charge in [-0.1, -0.05) is 67.8 Å². The number of carbonyl (C=O) groups is 1. The van der Waals surface area contributed by atoms with E-state index < -0.39 is 0 Å². The standard InChI is InChI=1S/C22H27NO2/c1-23(20-13-6-3-7-14-20)22(24)21-15-9-8-12-19(21)17-25-16-18-10-4-2-5-11-18/h2,4-5,8-12,15,20H,3,6-7,13-14,16-17H2,1H3. The van der Waals surface area contributed by atoms with Crippen molar-refractivity contribution in [1.82, 2.24) is 4.90 Å². The second-order valence-corrected chi connectivity index (χ2v) is 6.84. The Morgan fingerprint density at radius 2 is 1.64 bits per heavy atom. The molecule has 132 valence electrons. The Labute approximate surface area is 150 Å². The molecule has 1 amide bonds. The molecule has 0 aliphatic heterocycles. The van der Waals surface area contributed by atoms with Crippen molar-refractivity contribution in [1.29, 1.82) is 0 Å². The summed E-state index contributed by atoms with van der Waals surface area (Å²) in [6.07, 6.45) is 5.99. The van der Waals surface area contributed by atoms with Crippen molar-refractivity contribution >= 4 is 5.91 Å². The highest BCUT2D eigenvalue weighted by Gasteiger charge is 2.24. The lowest BCUT2D eigenvalue weighted by molar-refractivity contribution is 0.0684. The molecular formula is C22H27NO2. The number of amides is 1. The van der Waals surface area contributed by atoms with Gasteiger partial charge < -0.3 is 9.64 Å². The third-order valence-corrected chi connectivity index (χ3v) is 5.06. The fraction of sp³-hybridized carbons (Fsp3) is 0.409. The largest absolute Gasteiger partial charge is 0.372 e. The number of benzene rings is 2. The van der Waals surface area contributed by atoms with Gasteiger partial charge in [-0.25, -0.2) is 0 Å². The van der Waals surface area contributed by atoms with Gasteiger partial charge in [-0.05, 0) is 30.0 Å². The number of hydrogen-bond acceptors (Lipinski definition) is 2. The van der Waals surface area contributed by atoms with E-state index in [1.807, 2.05) is 66.5 Å². The summed E-state index contributed by atoms with van der Waals surface area (Å²) in [4.78, 5) is 14.9. The Morgan fingerprint density at radius 1 is 0.960 bits per heavy atom. The summed E-state index contributed by atoms with van der Waals surface area (Å²) in [5.41, 5.74) is 2.88. The highest BCUT2D eigenvalue weighted by atomic mass is 16.5. The molecule has 3 heteroatoms. The second kappa shape index (κ2) is 8.82. The molecule has 25 heavy (non-hydrogen) atoms. The van der Waals surface area contributed by atoms with Gasteiger partial charge in [0.05, 0.1) is 13.2 Å². The molecule has 3 nitrogen and oxygen atoms in total. The van der Waals surface area contributed by atoms with Crippen LogP contribution in [0.3, 0.4) is 0 Å². The lowest BCUT2D eigenvalue weighted by Crippen LogP contribution is -2.38. The van der Waals surface area contributed by atoms with Gasteiger partial charge in [-0.3, -0.25) is 4.79 Å². The molecule has 1 aliphatic rings. The zero-order valence-electron chi connectivity index (χ0n) is 15.0. The monoisotopic (exact) mass is 337 g/mol. The summed E-state index contributed by atoms with van der Waals surface area (Å²) >= 11 is 0. The Kier molecular flexibility index (Phi) is 6.24. The molecule has 0 spiro atoms. The smallest absolute Gasteiger partial charge is 0.254 e. The van der Waals surface area contributed by atoms with Gasteiger partial charge in [0.15, 0.2) is 0 Å². The van der Waals surface area contributed by atoms with Crippen LogP contribution >= 0.6 is 0 Å². The van der Waals surface area contributed by atoms with Crippen LogP contribution in [0.4, 0.5) is 0 Å². The fourth-order valence-corrected chi connectivity index (χ4v) is 3.53. The van der Waals surface area contributed by atoms with Crippen LogP contribution in [0.2, 0.25) is 0 Å². The Morgan fingerprint density at radius 3 is 2.40 bits per heavy atom. The molecule has 0 heterocycles. The van der Waals surface area contributed by atoms with Gasteiger partial charge in [0.2, 0.25) is 0 Å². The van der Waals surface area contributed by atoms with Crippen LogP contribution in [-0.4, -0.2) is 23.9 Å². The zero-order valence-corrected chi connectivity index (χ0v) is 15.0. The number of carbonyl (C=O) groups excluding carboxylic acids is 1. The van der Waals surface area contributed by atoms with Crippen LogP contribution in [0.5, 0.6) is 0 Å². The summed E-state index contributed by atoms with van der Waals surface area (Å²) in [5.74, 6) is 0.116. The minimum absolute atomic E-state index is 0.116. The molecule has 2 aromatic rings. The molecule has 0 unspecified atom stereocenters. The normalized spacial score (nSPS) is 15.1. The Hall–Kier alpha value is -2.13. The first kappa shape index (κ1) is 17.7. The summed E-state index contributed by atoms with van der Waals surface area (Å²) in [7, 11) is 1.94. The maximum absolute atomic E-state index is 13.0. The highest BCUT2D eigenvalue weighted by molar-refractivity contribution is 5.95. The summed E-state index contributed by atoms with van der Waals surface area (Å²) in [6, 6.07) is 18.3. The average Bonchev–Trinajstić information content (AvgIpc) is 2.69. The summed E-state index contributed by atoms with van der Waals surface area (Å²) in [6.45, 7) is 1.01. The van der Waals surface area contributed by atoms with E-state index in [2.05, 4.69) is 0 Å². The molecule has 1 saturated carbocycles. The molecule has 0 N–H and O–H groups in total. The van der Waals surface area contributed by atoms with Gasteiger partial charge >= 0.3 is 0 Å². The second-order valence-electron chi connectivity index (χ2n) is 6.84. The number of hydrogen-bond donors (Lipinski definition) is 0. The molecule has 3 rings (SSSR count). The van der Waals surface area contributed by atoms with Crippen LogP contribution in [0, 0.1) is 0 Å². The number of rotatable bonds is 6. The van der Waals surface area contributed by atoms with Crippen molar-refractivity contribution in [2.75, 3.05) is 7.05 Å². The molecule has 0 bridgehead atoms. The van der Waals surface area contributed by atoms with E-state index in [9.17, 15) is 4.79 Å². The fourth-order valence-electron chi connectivity index (χ4n) is 3.53. The van der Waals surface area contributed by atoms with Crippen molar-refractivity contribution in [3.8, 4) is 0 Å². The lowest BCUT2D eigenvalue weighted by atomic mass is 9.94. The van der Waals surface area contributed by atoms with Gasteiger partial charge in [0.25, 0.3) is 5.91 Å². The van der Waals surface area contributed by atoms with E-state index in [1.165, 1.54) is 19.3 Å². The quantitative estimate of drug-likeness (QED) is 0.757. The Bertz CT molecular complexity index is 677. The zero-order chi connectivity index (χ0) is 17.5. The average molecular weight is 337 g/mol. The SMILES string of the molecule is CN(C(=O)c1ccccc1COCc1ccccc1)C1CCCCC1. The molecule has 0 atom stereocenters. The predicted octanol–water partition coefficient (Wildman–Crippen LogP) is 4.81. The topological polar surface area (TPSA) is 29.5 Å². The molecule has 0 radical (unpaired) electrons. The van der Waals surface area contributed by atoms with E-state index in [-0.39, 0.29) is 5.91 Å². The van der Waals surface area contributed by atoms with Crippen molar-refractivity contribution in [3.63, 3.8) is 0 Å². The van der Waals surface area contributed by atoms with Crippen LogP contribution in [0.1, 0.15) is 53.6 Å². The van der Waals surface area contributed by atoms with Crippen LogP contribution < -0.4 is 0 Å². The molecule has 1 fully saturated rings. The van der Waals surface area contributed by atoms with Gasteiger partial charge in [-0.15, -0.1) is 0 Å². The predicted molar refractivity (Wildman–Crippen MR) is 100 cm³/mol. The van der Waals surface area contributed by atoms with E-state index in [1.54, 1.807) is 0 Å². The number of nitrogens with zero attached hydrogens (tertiary/aromatic N) is 1. The molecule has 0 saturated heterocycles. The van der Waals surface area contributed by atoms with Gasteiger partial charge in [0.1, 0.15) is 0 Å². The molecular weight excluding hydrogens is 310 g/mol. The lowest BCUT2D eigenvalue weighted by Gasteiger charge is -2.31. The highest BCUT2D eigenvalue weighted by Crippen LogP contribution is 2.24. The van der Waals surface area contributed by atoms with E-state index in [4.69, 9.17) is 4.74 Å². The summed E-state index contributed by atoms with van der Waals surface area (Å²) < 4.78 is 5.85. The van der Waals surface area contributed by atoms with Gasteiger partial charge in [-0.2, -0.15) is 0 Å². The molecule has 2 aromatic carbocycles. The van der Waals surface area contributed by atoms with Crippen LogP contribution in [0.25, 0.3) is 0 Å². The minimum atomic E-state index is 0.116. The maximum atomic E-state index is 13.0. The first-order valence-electron chi connectivity index (χ1n) is 9.22. The first-order chi connectivity index (χ1) is 12.3. The molecule has 1 aliphatic carbocycles. The van der Waals surface area contributed by atoms with Crippen molar-refractivity contribution in [2.24, 2.45) is 0 Å². The van der Waals surface area contributed by atoms with Crippen LogP contribution in [-0.2, 0) is 18.0 Å². The van der Waals surface area contributed by atoms with Crippen LogP contribution in [0.15, 0.2) is 54.6 Å². The van der Waals surface area contributed by atoms with Gasteiger partial charge in [0, 0.05) is 18.7 Å². The maximum Gasteiger partial charge on any atom is 0.254 e. The third-order valence-electron chi connectivity index (χ3n) is 5.06. The van der Waals surface area contributed by atoms with Crippen molar-refractivity contribution < 1.29 is 9.53 Å². The Balaban J connectivity index is 1.64. The summed E-state index contributed by atoms with van der Waals surface area (Å²) in [5, 5.41) is 0. The van der Waals surface area contributed by atoms with E-state index >= 15 is 0 Å².